The normalized spacial score (nSPS) is 16.2. The van der Waals surface area contributed by atoms with E-state index in [0.29, 0.717) is 11.8 Å². The lowest BCUT2D eigenvalue weighted by Gasteiger charge is -2.22. The van der Waals surface area contributed by atoms with Gasteiger partial charge >= 0.3 is 5.97 Å². The summed E-state index contributed by atoms with van der Waals surface area (Å²) >= 11 is 1.72. The number of thioether (sulfide) groups is 1. The first-order valence-corrected chi connectivity index (χ1v) is 9.98. The van der Waals surface area contributed by atoms with E-state index >= 15 is 0 Å². The number of hydrogen-bond donors (Lipinski definition) is 0. The van der Waals surface area contributed by atoms with Crippen molar-refractivity contribution >= 4 is 41.1 Å². The Morgan fingerprint density at radius 3 is 2.76 bits per heavy atom. The van der Waals surface area contributed by atoms with E-state index in [1.54, 1.807) is 28.8 Å². The molecule has 0 saturated carbocycles. The molecule has 7 nitrogen and oxygen atoms in total. The Morgan fingerprint density at radius 1 is 1.24 bits per heavy atom. The number of carbonyl (C=O) groups excluding carboxylic acids is 2. The van der Waals surface area contributed by atoms with Gasteiger partial charge in [-0.25, -0.2) is 4.79 Å². The molecule has 0 aromatic heterocycles. The maximum Gasteiger partial charge on any atom is 0.331 e. The molecular weight excluding hydrogens is 392 g/mol. The number of nitro benzene ring substituents is 1. The van der Waals surface area contributed by atoms with E-state index in [-0.39, 0.29) is 17.2 Å². The van der Waals surface area contributed by atoms with E-state index < -0.39 is 17.5 Å². The van der Waals surface area contributed by atoms with Crippen LogP contribution in [0.3, 0.4) is 0 Å². The van der Waals surface area contributed by atoms with E-state index in [2.05, 4.69) is 6.92 Å². The number of nitro groups is 1. The lowest BCUT2D eigenvalue weighted by molar-refractivity contribution is -0.385. The summed E-state index contributed by atoms with van der Waals surface area (Å²) in [6, 6.07) is 13.7. The molecule has 3 rings (SSSR count). The first-order valence-electron chi connectivity index (χ1n) is 9.10. The van der Waals surface area contributed by atoms with Gasteiger partial charge in [-0.1, -0.05) is 31.2 Å². The minimum absolute atomic E-state index is 0.111. The van der Waals surface area contributed by atoms with Crippen LogP contribution in [-0.2, 0) is 14.3 Å². The highest BCUT2D eigenvalue weighted by molar-refractivity contribution is 8.00. The van der Waals surface area contributed by atoms with E-state index in [4.69, 9.17) is 4.74 Å². The number of amides is 1. The number of benzene rings is 2. The van der Waals surface area contributed by atoms with Crippen molar-refractivity contribution in [2.45, 2.75) is 23.5 Å². The number of hydrogen-bond acceptors (Lipinski definition) is 6. The van der Waals surface area contributed by atoms with Gasteiger partial charge in [-0.05, 0) is 30.7 Å². The molecule has 29 heavy (non-hydrogen) atoms. The maximum absolute atomic E-state index is 12.7. The zero-order valence-electron chi connectivity index (χ0n) is 15.8. The summed E-state index contributed by atoms with van der Waals surface area (Å²) in [4.78, 5) is 37.8. The topological polar surface area (TPSA) is 89.8 Å². The average molecular weight is 412 g/mol. The van der Waals surface area contributed by atoms with E-state index in [1.807, 2.05) is 24.3 Å². The number of rotatable bonds is 5. The van der Waals surface area contributed by atoms with Crippen molar-refractivity contribution in [3.05, 3.63) is 70.3 Å². The van der Waals surface area contributed by atoms with Crippen LogP contribution in [-0.4, -0.2) is 35.2 Å². The Hall–Kier alpha value is -3.13. The monoisotopic (exact) mass is 412 g/mol. The maximum atomic E-state index is 12.7. The number of para-hydroxylation sites is 2. The van der Waals surface area contributed by atoms with Crippen molar-refractivity contribution in [3.8, 4) is 0 Å². The van der Waals surface area contributed by atoms with Crippen molar-refractivity contribution in [3.63, 3.8) is 0 Å². The molecule has 1 atom stereocenters. The molecule has 0 fully saturated rings. The zero-order chi connectivity index (χ0) is 20.8. The fourth-order valence-corrected chi connectivity index (χ4v) is 4.07. The summed E-state index contributed by atoms with van der Waals surface area (Å²) < 4.78 is 5.07. The van der Waals surface area contributed by atoms with Crippen LogP contribution in [0.5, 0.6) is 0 Å². The summed E-state index contributed by atoms with van der Waals surface area (Å²) in [6.45, 7) is 2.27. The zero-order valence-corrected chi connectivity index (χ0v) is 16.6. The largest absolute Gasteiger partial charge is 0.452 e. The predicted molar refractivity (Wildman–Crippen MR) is 112 cm³/mol. The van der Waals surface area contributed by atoms with Gasteiger partial charge in [0.1, 0.15) is 0 Å². The second-order valence-electron chi connectivity index (χ2n) is 6.49. The second-order valence-corrected chi connectivity index (χ2v) is 7.97. The molecule has 0 unspecified atom stereocenters. The SMILES string of the molecule is C[C@H]1CCN(C(=O)COC(=O)/C=C/c2ccccc2[N+](=O)[O-])c2ccccc2S1. The van der Waals surface area contributed by atoms with E-state index in [9.17, 15) is 19.7 Å². The van der Waals surface area contributed by atoms with Crippen molar-refractivity contribution in [2.75, 3.05) is 18.1 Å². The molecule has 0 spiro atoms. The van der Waals surface area contributed by atoms with Crippen molar-refractivity contribution < 1.29 is 19.2 Å². The van der Waals surface area contributed by atoms with Gasteiger partial charge in [0, 0.05) is 28.8 Å². The first kappa shape index (κ1) is 20.6. The van der Waals surface area contributed by atoms with Crippen LogP contribution in [0.4, 0.5) is 11.4 Å². The van der Waals surface area contributed by atoms with Crippen LogP contribution in [0, 0.1) is 10.1 Å². The second kappa shape index (κ2) is 9.38. The van der Waals surface area contributed by atoms with Crippen molar-refractivity contribution in [1.82, 2.24) is 0 Å². The number of esters is 1. The average Bonchev–Trinajstić information content (AvgIpc) is 2.88. The van der Waals surface area contributed by atoms with Crippen LogP contribution in [0.2, 0.25) is 0 Å². The van der Waals surface area contributed by atoms with Crippen LogP contribution >= 0.6 is 11.8 Å². The third-order valence-corrected chi connectivity index (χ3v) is 5.65. The molecule has 0 saturated heterocycles. The van der Waals surface area contributed by atoms with Crippen molar-refractivity contribution in [1.29, 1.82) is 0 Å². The van der Waals surface area contributed by atoms with Gasteiger partial charge in [-0.2, -0.15) is 0 Å². The molecule has 150 valence electrons. The molecular formula is C21H20N2O5S. The molecule has 0 radical (unpaired) electrons. The fraction of sp³-hybridized carbons (Fsp3) is 0.238. The van der Waals surface area contributed by atoms with Gasteiger partial charge in [-0.15, -0.1) is 11.8 Å². The van der Waals surface area contributed by atoms with Crippen LogP contribution < -0.4 is 4.90 Å². The van der Waals surface area contributed by atoms with E-state index in [0.717, 1.165) is 23.1 Å². The Kier molecular flexibility index (Phi) is 6.66. The smallest absolute Gasteiger partial charge is 0.331 e. The van der Waals surface area contributed by atoms with Gasteiger partial charge in [0.15, 0.2) is 6.61 Å². The molecule has 2 aromatic carbocycles. The van der Waals surface area contributed by atoms with Gasteiger partial charge in [0.05, 0.1) is 16.2 Å². The van der Waals surface area contributed by atoms with Crippen molar-refractivity contribution in [2.24, 2.45) is 0 Å². The van der Waals surface area contributed by atoms with Gasteiger partial charge in [0.25, 0.3) is 11.6 Å². The highest BCUT2D eigenvalue weighted by Crippen LogP contribution is 2.37. The first-order chi connectivity index (χ1) is 14.0. The van der Waals surface area contributed by atoms with E-state index in [1.165, 1.54) is 18.2 Å². The molecule has 0 N–H and O–H groups in total. The Balaban J connectivity index is 1.64. The summed E-state index contributed by atoms with van der Waals surface area (Å²) in [6.07, 6.45) is 3.23. The van der Waals surface area contributed by atoms with Crippen LogP contribution in [0.25, 0.3) is 6.08 Å². The highest BCUT2D eigenvalue weighted by Gasteiger charge is 2.24. The molecule has 0 aliphatic carbocycles. The number of fused-ring (bicyclic) bond motifs is 1. The van der Waals surface area contributed by atoms with Gasteiger partial charge in [0.2, 0.25) is 0 Å². The Morgan fingerprint density at radius 2 is 1.97 bits per heavy atom. The van der Waals surface area contributed by atoms with Gasteiger partial charge < -0.3 is 9.64 Å². The third kappa shape index (κ3) is 5.23. The van der Waals surface area contributed by atoms with Crippen LogP contribution in [0.1, 0.15) is 18.9 Å². The Labute approximate surface area is 172 Å². The lowest BCUT2D eigenvalue weighted by Crippen LogP contribution is -2.35. The quantitative estimate of drug-likeness (QED) is 0.318. The summed E-state index contributed by atoms with van der Waals surface area (Å²) in [7, 11) is 0. The summed E-state index contributed by atoms with van der Waals surface area (Å²) in [5, 5.41) is 11.4. The Bertz CT molecular complexity index is 960. The molecule has 1 aliphatic heterocycles. The predicted octanol–water partition coefficient (Wildman–Crippen LogP) is 4.07. The fourth-order valence-electron chi connectivity index (χ4n) is 2.96. The lowest BCUT2D eigenvalue weighted by atomic mass is 10.1. The van der Waals surface area contributed by atoms with Gasteiger partial charge in [-0.3, -0.25) is 14.9 Å². The highest BCUT2D eigenvalue weighted by atomic mass is 32.2. The standard InChI is InChI=1S/C21H20N2O5S/c1-15-12-13-22(18-8-4-5-9-19(18)29-15)20(24)14-28-21(25)11-10-16-6-2-3-7-17(16)23(26)27/h2-11,15H,12-14H2,1H3/b11-10+/t15-/m0/s1. The number of nitrogens with zero attached hydrogens (tertiary/aromatic N) is 2. The minimum atomic E-state index is -0.734. The molecule has 0 bridgehead atoms. The number of anilines is 1. The molecule has 2 aromatic rings. The van der Waals surface area contributed by atoms with Crippen LogP contribution in [0.15, 0.2) is 59.5 Å². The number of ether oxygens (including phenoxy) is 1. The summed E-state index contributed by atoms with van der Waals surface area (Å²) in [5.74, 6) is -1.04. The molecule has 1 amide bonds. The molecule has 1 heterocycles. The number of carbonyl (C=O) groups is 2. The third-order valence-electron chi connectivity index (χ3n) is 4.41. The minimum Gasteiger partial charge on any atom is -0.452 e. The summed E-state index contributed by atoms with van der Waals surface area (Å²) in [5.41, 5.74) is 0.993. The molecule has 1 aliphatic rings. The molecule has 8 heteroatoms.